The van der Waals surface area contributed by atoms with Gasteiger partial charge in [0.2, 0.25) is 0 Å². The van der Waals surface area contributed by atoms with Crippen LogP contribution in [0.3, 0.4) is 0 Å². The Morgan fingerprint density at radius 3 is 1.67 bits per heavy atom. The summed E-state index contributed by atoms with van der Waals surface area (Å²) >= 11 is 8.87. The summed E-state index contributed by atoms with van der Waals surface area (Å²) in [6.45, 7) is 3.92. The molecule has 43 heavy (non-hydrogen) atoms. The molecule has 0 amide bonds. The van der Waals surface area contributed by atoms with Gasteiger partial charge in [-0.05, 0) is 85.1 Å². The molecule has 1 fully saturated rings. The summed E-state index contributed by atoms with van der Waals surface area (Å²) in [5, 5.41) is 0. The van der Waals surface area contributed by atoms with Crippen LogP contribution in [0.1, 0.15) is 31.6 Å². The summed E-state index contributed by atoms with van der Waals surface area (Å²) in [6, 6.07) is 37.8. The van der Waals surface area contributed by atoms with Gasteiger partial charge >= 0.3 is 0 Å². The third kappa shape index (κ3) is 5.83. The first kappa shape index (κ1) is 29.1. The fourth-order valence-electron chi connectivity index (χ4n) is 5.62. The number of allylic oxidation sites excluding steroid dienone is 1. The normalized spacial score (nSPS) is 16.9. The van der Waals surface area contributed by atoms with E-state index >= 15 is 0 Å². The topological polar surface area (TPSA) is 37.4 Å². The number of ketones is 2. The number of hydrogen-bond acceptors (Lipinski definition) is 6. The molecule has 3 nitrogen and oxygen atoms in total. The molecule has 2 atom stereocenters. The standard InChI is InChI=1S/C37H31NO2S3/c1-3-29-35(39)31(36(40)30(4-2)37(29)41)23-28-19-20-33(42-28)34-22-21-32(43-34)24-15-17-27(18-16-24)38(25-11-7-5-8-12-25)26-13-9-6-10-14-26/h5-23,29-30H,3-4H2,1-2H3. The van der Waals surface area contributed by atoms with Gasteiger partial charge in [-0.25, -0.2) is 0 Å². The van der Waals surface area contributed by atoms with Crippen molar-refractivity contribution >= 4 is 74.5 Å². The molecule has 0 bridgehead atoms. The average Bonchev–Trinajstić information content (AvgIpc) is 3.72. The van der Waals surface area contributed by atoms with Gasteiger partial charge in [-0.15, -0.1) is 22.7 Å². The van der Waals surface area contributed by atoms with Crippen LogP contribution in [0.25, 0.3) is 26.3 Å². The highest BCUT2D eigenvalue weighted by atomic mass is 32.1. The zero-order valence-corrected chi connectivity index (χ0v) is 26.5. The van der Waals surface area contributed by atoms with Crippen LogP contribution in [0.15, 0.2) is 115 Å². The number of thiocarbonyl (C=S) groups is 1. The number of nitrogens with zero attached hydrogens (tertiary/aromatic N) is 1. The molecule has 214 valence electrons. The second-order valence-electron chi connectivity index (χ2n) is 10.5. The predicted molar refractivity (Wildman–Crippen MR) is 186 cm³/mol. The van der Waals surface area contributed by atoms with Crippen LogP contribution in [0.4, 0.5) is 17.1 Å². The van der Waals surface area contributed by atoms with E-state index in [1.807, 2.05) is 32.0 Å². The molecule has 0 spiro atoms. The van der Waals surface area contributed by atoms with Crippen LogP contribution < -0.4 is 4.90 Å². The highest BCUT2D eigenvalue weighted by Gasteiger charge is 2.41. The van der Waals surface area contributed by atoms with Crippen molar-refractivity contribution < 1.29 is 9.59 Å². The SMILES string of the molecule is CCC1C(=O)C(=Cc2ccc(-c3ccc(-c4ccc(N(c5ccccc5)c5ccccc5)cc4)s3)s2)C(=O)C(CC)C1=S. The largest absolute Gasteiger partial charge is 0.311 e. The van der Waals surface area contributed by atoms with Crippen molar-refractivity contribution in [1.29, 1.82) is 0 Å². The minimum Gasteiger partial charge on any atom is -0.311 e. The first-order valence-corrected chi connectivity index (χ1v) is 16.6. The number of rotatable bonds is 8. The first-order chi connectivity index (χ1) is 21.0. The molecule has 2 heterocycles. The molecule has 5 aromatic rings. The Bertz CT molecular complexity index is 1730. The van der Waals surface area contributed by atoms with E-state index in [1.165, 1.54) is 4.88 Å². The highest BCUT2D eigenvalue weighted by Crippen LogP contribution is 2.41. The minimum atomic E-state index is -0.345. The number of Topliss-reactive ketones (excluding diaryl/α,β-unsaturated/α-hetero) is 2. The Hall–Kier alpha value is -3.97. The number of para-hydroxylation sites is 2. The first-order valence-electron chi connectivity index (χ1n) is 14.5. The molecule has 2 aromatic heterocycles. The van der Waals surface area contributed by atoms with Crippen molar-refractivity contribution in [3.8, 4) is 20.2 Å². The maximum atomic E-state index is 13.1. The number of carbonyl (C=O) groups excluding carboxylic acids is 2. The third-order valence-electron chi connectivity index (χ3n) is 7.87. The summed E-state index contributed by atoms with van der Waals surface area (Å²) in [7, 11) is 0. The molecule has 1 aliphatic rings. The van der Waals surface area contributed by atoms with Gasteiger partial charge in [0.05, 0.1) is 17.4 Å². The number of thiophene rings is 2. The van der Waals surface area contributed by atoms with Crippen LogP contribution in [-0.4, -0.2) is 16.4 Å². The van der Waals surface area contributed by atoms with Gasteiger partial charge < -0.3 is 4.90 Å². The lowest BCUT2D eigenvalue weighted by atomic mass is 9.74. The van der Waals surface area contributed by atoms with E-state index in [0.29, 0.717) is 23.3 Å². The van der Waals surface area contributed by atoms with Crippen molar-refractivity contribution in [2.24, 2.45) is 11.8 Å². The van der Waals surface area contributed by atoms with E-state index in [0.717, 1.165) is 37.3 Å². The average molecular weight is 618 g/mol. The fourth-order valence-corrected chi connectivity index (χ4v) is 8.22. The molecular weight excluding hydrogens is 587 g/mol. The van der Waals surface area contributed by atoms with E-state index in [1.54, 1.807) is 28.7 Å². The number of anilines is 3. The molecule has 1 saturated carbocycles. The van der Waals surface area contributed by atoms with Crippen LogP contribution in [0, 0.1) is 11.8 Å². The smallest absolute Gasteiger partial charge is 0.174 e. The van der Waals surface area contributed by atoms with Gasteiger partial charge in [0.25, 0.3) is 0 Å². The van der Waals surface area contributed by atoms with E-state index in [-0.39, 0.29) is 23.4 Å². The van der Waals surface area contributed by atoms with Gasteiger partial charge in [0.15, 0.2) is 11.6 Å². The highest BCUT2D eigenvalue weighted by molar-refractivity contribution is 7.80. The molecule has 0 saturated heterocycles. The molecule has 0 aliphatic heterocycles. The van der Waals surface area contributed by atoms with Crippen molar-refractivity contribution in [1.82, 2.24) is 0 Å². The van der Waals surface area contributed by atoms with Crippen molar-refractivity contribution in [3.05, 3.63) is 120 Å². The second kappa shape index (κ2) is 12.7. The van der Waals surface area contributed by atoms with Crippen molar-refractivity contribution in [2.45, 2.75) is 26.7 Å². The summed E-state index contributed by atoms with van der Waals surface area (Å²) in [4.78, 5) is 33.5. The zero-order chi connectivity index (χ0) is 29.9. The predicted octanol–water partition coefficient (Wildman–Crippen LogP) is 10.6. The third-order valence-corrected chi connectivity index (χ3v) is 10.8. The lowest BCUT2D eigenvalue weighted by Gasteiger charge is -2.28. The Kier molecular flexibility index (Phi) is 8.61. The van der Waals surface area contributed by atoms with Crippen LogP contribution >= 0.6 is 34.9 Å². The van der Waals surface area contributed by atoms with Gasteiger partial charge in [0, 0.05) is 41.4 Å². The maximum absolute atomic E-state index is 13.1. The molecule has 0 N–H and O–H groups in total. The Morgan fingerprint density at radius 2 is 1.12 bits per heavy atom. The molecule has 6 rings (SSSR count). The summed E-state index contributed by atoms with van der Waals surface area (Å²) in [5.74, 6) is -0.946. The monoisotopic (exact) mass is 617 g/mol. The van der Waals surface area contributed by atoms with Gasteiger partial charge in [-0.2, -0.15) is 0 Å². The van der Waals surface area contributed by atoms with Crippen molar-refractivity contribution in [2.75, 3.05) is 4.90 Å². The fraction of sp³-hybridized carbons (Fsp3) is 0.162. The van der Waals surface area contributed by atoms with Crippen LogP contribution in [0.5, 0.6) is 0 Å². The van der Waals surface area contributed by atoms with E-state index < -0.39 is 0 Å². The minimum absolute atomic E-state index is 0.128. The Balaban J connectivity index is 1.24. The van der Waals surface area contributed by atoms with Gasteiger partial charge in [-0.1, -0.05) is 74.6 Å². The lowest BCUT2D eigenvalue weighted by molar-refractivity contribution is -0.125. The Labute approximate surface area is 266 Å². The summed E-state index contributed by atoms with van der Waals surface area (Å²) in [6.07, 6.45) is 3.04. The summed E-state index contributed by atoms with van der Waals surface area (Å²) in [5.41, 5.74) is 4.77. The quantitative estimate of drug-likeness (QED) is 0.0986. The van der Waals surface area contributed by atoms with E-state index in [2.05, 4.69) is 95.9 Å². The van der Waals surface area contributed by atoms with E-state index in [9.17, 15) is 9.59 Å². The maximum Gasteiger partial charge on any atom is 0.174 e. The lowest BCUT2D eigenvalue weighted by Crippen LogP contribution is -2.41. The second-order valence-corrected chi connectivity index (χ2v) is 13.2. The number of hydrogen-bond donors (Lipinski definition) is 0. The molecule has 6 heteroatoms. The Morgan fingerprint density at radius 1 is 0.628 bits per heavy atom. The molecule has 1 aliphatic carbocycles. The molecule has 0 radical (unpaired) electrons. The van der Waals surface area contributed by atoms with Gasteiger partial charge in [0.1, 0.15) is 0 Å². The number of carbonyl (C=O) groups is 2. The number of benzene rings is 3. The molecule has 3 aromatic carbocycles. The van der Waals surface area contributed by atoms with Gasteiger partial charge in [-0.3, -0.25) is 9.59 Å². The zero-order valence-electron chi connectivity index (χ0n) is 24.0. The van der Waals surface area contributed by atoms with Crippen molar-refractivity contribution in [3.63, 3.8) is 0 Å². The van der Waals surface area contributed by atoms with Crippen LogP contribution in [-0.2, 0) is 9.59 Å². The van der Waals surface area contributed by atoms with Crippen LogP contribution in [0.2, 0.25) is 0 Å². The molecule has 2 unspecified atom stereocenters. The summed E-state index contributed by atoms with van der Waals surface area (Å²) < 4.78 is 0. The van der Waals surface area contributed by atoms with E-state index in [4.69, 9.17) is 12.2 Å². The molecular formula is C37H31NO2S3.